The first-order chi connectivity index (χ1) is 13.4. The molecule has 0 radical (unpaired) electrons. The Morgan fingerprint density at radius 1 is 0.724 bits per heavy atom. The second-order valence-corrected chi connectivity index (χ2v) is 12.5. The molecule has 29 heavy (non-hydrogen) atoms. The largest absolute Gasteiger partial charge is 0.478 e. The molecule has 2 rings (SSSR count). The van der Waals surface area contributed by atoms with E-state index in [1.807, 2.05) is 13.1 Å². The van der Waals surface area contributed by atoms with Crippen LogP contribution in [0, 0.1) is 0 Å². The van der Waals surface area contributed by atoms with Crippen molar-refractivity contribution in [2.24, 2.45) is 0 Å². The van der Waals surface area contributed by atoms with Gasteiger partial charge in [0, 0.05) is 0 Å². The maximum atomic E-state index is 11.4. The van der Waals surface area contributed by atoms with Gasteiger partial charge in [-0.25, -0.2) is 19.2 Å². The lowest BCUT2D eigenvalue weighted by Gasteiger charge is -2.24. The molecule has 0 aromatic heterocycles. The lowest BCUT2D eigenvalue weighted by atomic mass is 10.1. The van der Waals surface area contributed by atoms with Gasteiger partial charge in [-0.15, -0.1) is 0 Å². The van der Waals surface area contributed by atoms with Crippen LogP contribution in [0.2, 0.25) is 13.1 Å². The molecule has 152 valence electrons. The summed E-state index contributed by atoms with van der Waals surface area (Å²) in [4.78, 5) is 45.0. The normalized spacial score (nSPS) is 11.5. The summed E-state index contributed by atoms with van der Waals surface area (Å²) >= 11 is 0. The zero-order valence-electron chi connectivity index (χ0n) is 15.5. The van der Waals surface area contributed by atoms with Crippen LogP contribution in [0.3, 0.4) is 0 Å². The topological polar surface area (TPSA) is 158 Å². The van der Waals surface area contributed by atoms with E-state index in [4.69, 9.17) is 14.3 Å². The molecule has 0 saturated carbocycles. The second-order valence-electron chi connectivity index (χ2n) is 6.66. The summed E-state index contributed by atoms with van der Waals surface area (Å²) in [7, 11) is -4.10. The number of carboxylic acid groups (broad SMARTS) is 4. The number of hydrogen-bond donors (Lipinski definition) is 4. The molecule has 0 heterocycles. The highest BCUT2D eigenvalue weighted by atomic mass is 28.4. The predicted octanol–water partition coefficient (Wildman–Crippen LogP) is 0.317. The Hall–Kier alpha value is -3.29. The van der Waals surface area contributed by atoms with Crippen molar-refractivity contribution in [3.05, 3.63) is 58.7 Å². The second kappa shape index (κ2) is 8.38. The molecule has 0 unspecified atom stereocenters. The summed E-state index contributed by atoms with van der Waals surface area (Å²) < 4.78 is 6.07. The third kappa shape index (κ3) is 4.96. The Morgan fingerprint density at radius 2 is 1.17 bits per heavy atom. The third-order valence-electron chi connectivity index (χ3n) is 4.32. The van der Waals surface area contributed by atoms with Crippen molar-refractivity contribution in [2.75, 3.05) is 0 Å². The maximum Gasteiger partial charge on any atom is 0.336 e. The molecule has 2 aromatic rings. The fourth-order valence-electron chi connectivity index (χ4n) is 2.67. The van der Waals surface area contributed by atoms with E-state index in [9.17, 15) is 29.4 Å². The van der Waals surface area contributed by atoms with Gasteiger partial charge >= 0.3 is 23.9 Å². The highest BCUT2D eigenvalue weighted by Crippen LogP contribution is 2.13. The summed E-state index contributed by atoms with van der Waals surface area (Å²) in [5.74, 6) is -5.40. The maximum absolute atomic E-state index is 11.4. The van der Waals surface area contributed by atoms with Gasteiger partial charge in [0.1, 0.15) is 0 Å². The third-order valence-corrected chi connectivity index (χ3v) is 10.3. The highest BCUT2D eigenvalue weighted by molar-refractivity contribution is 6.88. The Balaban J connectivity index is 2.30. The number of hydrogen-bond acceptors (Lipinski definition) is 5. The molecule has 0 spiro atoms. The van der Waals surface area contributed by atoms with E-state index in [2.05, 4.69) is 0 Å². The highest BCUT2D eigenvalue weighted by Gasteiger charge is 2.28. The molecule has 4 N–H and O–H groups in total. The standard InChI is InChI=1S/C18H18O9Si2/c1-29(2,10-4-6-12(16(21)22)14(8-10)18(25)26)27-28-9-3-5-11(15(19)20)13(7-9)17(23)24/h3-8H,28H2,1-2H3,(H,19,20)(H,21,22)(H,23,24)(H,25,26). The van der Waals surface area contributed by atoms with Crippen LogP contribution in [0.4, 0.5) is 0 Å². The summed E-state index contributed by atoms with van der Waals surface area (Å²) in [6, 6.07) is 8.04. The molecule has 0 aliphatic heterocycles. The minimum absolute atomic E-state index is 0.317. The van der Waals surface area contributed by atoms with E-state index < -0.39 is 42.0 Å². The summed E-state index contributed by atoms with van der Waals surface area (Å²) in [6.45, 7) is 3.62. The van der Waals surface area contributed by atoms with Crippen LogP contribution in [0.25, 0.3) is 0 Å². The number of aromatic carboxylic acids is 4. The molecule has 0 bridgehead atoms. The van der Waals surface area contributed by atoms with Gasteiger partial charge in [-0.05, 0) is 47.7 Å². The van der Waals surface area contributed by atoms with E-state index >= 15 is 0 Å². The Morgan fingerprint density at radius 3 is 1.66 bits per heavy atom. The van der Waals surface area contributed by atoms with E-state index in [-0.39, 0.29) is 22.3 Å². The van der Waals surface area contributed by atoms with Crippen molar-refractivity contribution in [2.45, 2.75) is 13.1 Å². The molecule has 0 aliphatic rings. The van der Waals surface area contributed by atoms with E-state index in [1.165, 1.54) is 36.4 Å². The minimum Gasteiger partial charge on any atom is -0.478 e. The lowest BCUT2D eigenvalue weighted by Crippen LogP contribution is -2.48. The van der Waals surface area contributed by atoms with Crippen molar-refractivity contribution in [3.8, 4) is 0 Å². The molecule has 0 atom stereocenters. The quantitative estimate of drug-likeness (QED) is 0.429. The van der Waals surface area contributed by atoms with Crippen LogP contribution in [0.1, 0.15) is 41.4 Å². The molecule has 0 saturated heterocycles. The van der Waals surface area contributed by atoms with E-state index in [1.54, 1.807) is 0 Å². The molecule has 11 heteroatoms. The zero-order chi connectivity index (χ0) is 21.9. The number of rotatable bonds is 8. The van der Waals surface area contributed by atoms with Gasteiger partial charge in [0.25, 0.3) is 0 Å². The van der Waals surface area contributed by atoms with Gasteiger partial charge in [-0.2, -0.15) is 0 Å². The van der Waals surface area contributed by atoms with Crippen molar-refractivity contribution < 1.29 is 43.7 Å². The van der Waals surface area contributed by atoms with Crippen LogP contribution >= 0.6 is 0 Å². The molecular formula is C18H18O9Si2. The average Bonchev–Trinajstić information content (AvgIpc) is 2.65. The van der Waals surface area contributed by atoms with Gasteiger partial charge in [0.15, 0.2) is 9.76 Å². The first kappa shape index (κ1) is 22.0. The minimum atomic E-state index is -2.64. The van der Waals surface area contributed by atoms with Crippen LogP contribution in [-0.4, -0.2) is 62.4 Å². The van der Waals surface area contributed by atoms with Crippen LogP contribution in [0.15, 0.2) is 36.4 Å². The number of benzene rings is 2. The van der Waals surface area contributed by atoms with Gasteiger partial charge < -0.3 is 24.5 Å². The Bertz CT molecular complexity index is 1010. The molecule has 9 nitrogen and oxygen atoms in total. The van der Waals surface area contributed by atoms with Gasteiger partial charge in [0.05, 0.1) is 22.3 Å². The molecule has 0 aliphatic carbocycles. The first-order valence-electron chi connectivity index (χ1n) is 8.28. The Kier molecular flexibility index (Phi) is 6.36. The summed E-state index contributed by atoms with van der Waals surface area (Å²) in [6.07, 6.45) is 0. The monoisotopic (exact) mass is 434 g/mol. The van der Waals surface area contributed by atoms with Crippen LogP contribution in [-0.2, 0) is 4.12 Å². The first-order valence-corrected chi connectivity index (χ1v) is 12.5. The van der Waals surface area contributed by atoms with E-state index in [0.717, 1.165) is 0 Å². The average molecular weight is 435 g/mol. The fourth-order valence-corrected chi connectivity index (χ4v) is 6.93. The Labute approximate surface area is 168 Å². The van der Waals surface area contributed by atoms with Crippen LogP contribution in [0.5, 0.6) is 0 Å². The van der Waals surface area contributed by atoms with E-state index in [0.29, 0.717) is 10.4 Å². The van der Waals surface area contributed by atoms with Crippen molar-refractivity contribution >= 4 is 52.3 Å². The molecule has 0 fully saturated rings. The smallest absolute Gasteiger partial charge is 0.336 e. The number of carboxylic acids is 4. The van der Waals surface area contributed by atoms with Crippen LogP contribution < -0.4 is 10.4 Å². The van der Waals surface area contributed by atoms with Gasteiger partial charge in [-0.3, -0.25) is 0 Å². The predicted molar refractivity (Wildman–Crippen MR) is 107 cm³/mol. The van der Waals surface area contributed by atoms with Gasteiger partial charge in [0.2, 0.25) is 8.32 Å². The summed E-state index contributed by atoms with van der Waals surface area (Å²) in [5, 5.41) is 37.9. The fraction of sp³-hybridized carbons (Fsp3) is 0.111. The van der Waals surface area contributed by atoms with Crippen molar-refractivity contribution in [3.63, 3.8) is 0 Å². The lowest BCUT2D eigenvalue weighted by molar-refractivity contribution is 0.0651. The van der Waals surface area contributed by atoms with Gasteiger partial charge in [-0.1, -0.05) is 12.1 Å². The molecule has 0 amide bonds. The van der Waals surface area contributed by atoms with Crippen molar-refractivity contribution in [1.29, 1.82) is 0 Å². The molecule has 2 aromatic carbocycles. The summed E-state index contributed by atoms with van der Waals surface area (Å²) in [5.41, 5.74) is -1.30. The SMILES string of the molecule is C[Si](C)(O[SiH2]c1ccc(C(=O)O)c(C(=O)O)c1)c1ccc(C(=O)O)c(C(=O)O)c1. The number of carbonyl (C=O) groups is 4. The molecular weight excluding hydrogens is 416 g/mol. The zero-order valence-corrected chi connectivity index (χ0v) is 17.9. The van der Waals surface area contributed by atoms with Crippen molar-refractivity contribution in [1.82, 2.24) is 0 Å².